The molecule has 2 N–H and O–H groups in total. The van der Waals surface area contributed by atoms with E-state index in [1.807, 2.05) is 0 Å². The summed E-state index contributed by atoms with van der Waals surface area (Å²) in [7, 11) is 0. The van der Waals surface area contributed by atoms with Gasteiger partial charge in [-0.3, -0.25) is 4.98 Å². The molecule has 4 nitrogen and oxygen atoms in total. The monoisotopic (exact) mass is 281 g/mol. The smallest absolute Gasteiger partial charge is 0.156 e. The molecule has 1 aromatic carbocycles. The fraction of sp³-hybridized carbons (Fsp3) is 0.294. The normalized spacial score (nSPS) is 12.7. The van der Waals surface area contributed by atoms with Crippen LogP contribution in [0, 0.1) is 0 Å². The molecule has 0 aliphatic heterocycles. The quantitative estimate of drug-likeness (QED) is 0.772. The molecule has 0 aliphatic rings. The molecule has 0 fully saturated rings. The number of nitrogens with one attached hydrogen (secondary N) is 1. The van der Waals surface area contributed by atoms with E-state index in [9.17, 15) is 5.11 Å². The van der Waals surface area contributed by atoms with Gasteiger partial charge in [0.1, 0.15) is 5.52 Å². The summed E-state index contributed by atoms with van der Waals surface area (Å²) in [4.78, 5) is 12.1. The number of aryl methyl sites for hydroxylation is 1. The number of aromatic nitrogens is 3. The number of aliphatic hydroxyl groups excluding tert-OH is 1. The molecule has 0 spiro atoms. The van der Waals surface area contributed by atoms with Crippen molar-refractivity contribution in [2.75, 3.05) is 0 Å². The number of aliphatic hydroxyl groups is 1. The average Bonchev–Trinajstić information content (AvgIpc) is 2.86. The van der Waals surface area contributed by atoms with E-state index in [-0.39, 0.29) is 6.10 Å². The predicted octanol–water partition coefficient (Wildman–Crippen LogP) is 3.11. The van der Waals surface area contributed by atoms with E-state index in [0.29, 0.717) is 6.42 Å². The second-order valence-corrected chi connectivity index (χ2v) is 5.34. The van der Waals surface area contributed by atoms with Gasteiger partial charge in [0.15, 0.2) is 5.65 Å². The topological polar surface area (TPSA) is 61.8 Å². The van der Waals surface area contributed by atoms with Gasteiger partial charge in [0.05, 0.1) is 11.8 Å². The van der Waals surface area contributed by atoms with Gasteiger partial charge in [-0.1, -0.05) is 31.2 Å². The van der Waals surface area contributed by atoms with Crippen molar-refractivity contribution in [3.8, 4) is 11.3 Å². The highest BCUT2D eigenvalue weighted by Gasteiger charge is 2.13. The second-order valence-electron chi connectivity index (χ2n) is 5.34. The van der Waals surface area contributed by atoms with Gasteiger partial charge >= 0.3 is 0 Å². The highest BCUT2D eigenvalue weighted by molar-refractivity contribution is 5.85. The lowest BCUT2D eigenvalue weighted by atomic mass is 10.0. The Labute approximate surface area is 123 Å². The molecule has 0 radical (unpaired) electrons. The Hall–Kier alpha value is -2.20. The maximum Gasteiger partial charge on any atom is 0.156 e. The highest BCUT2D eigenvalue weighted by Crippen LogP contribution is 2.28. The minimum atomic E-state index is -0.316. The summed E-state index contributed by atoms with van der Waals surface area (Å²) < 4.78 is 0. The zero-order chi connectivity index (χ0) is 14.8. The van der Waals surface area contributed by atoms with Crippen molar-refractivity contribution in [1.82, 2.24) is 15.0 Å². The lowest BCUT2D eigenvalue weighted by molar-refractivity contribution is 0.195. The molecule has 2 aromatic heterocycles. The Morgan fingerprint density at radius 1 is 1.14 bits per heavy atom. The van der Waals surface area contributed by atoms with Crippen LogP contribution in [-0.4, -0.2) is 26.2 Å². The molecule has 0 saturated carbocycles. The highest BCUT2D eigenvalue weighted by atomic mass is 16.3. The first-order chi connectivity index (χ1) is 10.2. The van der Waals surface area contributed by atoms with Gasteiger partial charge in [0, 0.05) is 18.0 Å². The zero-order valence-corrected chi connectivity index (χ0v) is 12.3. The van der Waals surface area contributed by atoms with Crippen LogP contribution in [0.3, 0.4) is 0 Å². The second kappa shape index (κ2) is 5.66. The third-order valence-corrected chi connectivity index (χ3v) is 3.66. The van der Waals surface area contributed by atoms with E-state index in [4.69, 9.17) is 0 Å². The van der Waals surface area contributed by atoms with E-state index in [0.717, 1.165) is 34.4 Å². The lowest BCUT2D eigenvalue weighted by Gasteiger charge is -2.06. The zero-order valence-electron chi connectivity index (χ0n) is 12.3. The summed E-state index contributed by atoms with van der Waals surface area (Å²) in [6.45, 7) is 3.93. The molecule has 2 heterocycles. The first-order valence-electron chi connectivity index (χ1n) is 7.28. The predicted molar refractivity (Wildman–Crippen MR) is 84.1 cm³/mol. The third kappa shape index (κ3) is 2.67. The van der Waals surface area contributed by atoms with E-state index in [2.05, 4.69) is 46.1 Å². The van der Waals surface area contributed by atoms with Gasteiger partial charge in [-0.15, -0.1) is 0 Å². The number of nitrogens with zero attached hydrogens (tertiary/aromatic N) is 2. The summed E-state index contributed by atoms with van der Waals surface area (Å²) in [6.07, 6.45) is 4.70. The minimum absolute atomic E-state index is 0.316. The Balaban J connectivity index is 2.03. The average molecular weight is 281 g/mol. The van der Waals surface area contributed by atoms with Crippen molar-refractivity contribution in [2.45, 2.75) is 32.8 Å². The first kappa shape index (κ1) is 13.8. The van der Waals surface area contributed by atoms with E-state index in [1.165, 1.54) is 5.56 Å². The van der Waals surface area contributed by atoms with Crippen LogP contribution in [-0.2, 0) is 12.8 Å². The van der Waals surface area contributed by atoms with Crippen LogP contribution in [0.4, 0.5) is 0 Å². The summed E-state index contributed by atoms with van der Waals surface area (Å²) in [5.74, 6) is 0. The molecule has 4 heteroatoms. The Bertz CT molecular complexity index is 744. The number of rotatable bonds is 4. The standard InChI is InChI=1S/C17H19N3O/c1-3-14-15(20-17-16(14)18-8-9-19-17)13-6-4-12(5-7-13)10-11(2)21/h4-9,11,21H,3,10H2,1-2H3,(H,19,20). The number of fused-ring (bicyclic) bond motifs is 1. The molecular weight excluding hydrogens is 262 g/mol. The SMILES string of the molecule is CCc1c(-c2ccc(CC(C)O)cc2)[nH]c2nccnc12. The number of hydrogen-bond donors (Lipinski definition) is 2. The van der Waals surface area contributed by atoms with Crippen molar-refractivity contribution in [2.24, 2.45) is 0 Å². The Morgan fingerprint density at radius 3 is 2.52 bits per heavy atom. The van der Waals surface area contributed by atoms with Crippen molar-refractivity contribution in [3.63, 3.8) is 0 Å². The van der Waals surface area contributed by atoms with Crippen LogP contribution in [0.25, 0.3) is 22.4 Å². The molecule has 0 aliphatic carbocycles. The maximum atomic E-state index is 9.45. The van der Waals surface area contributed by atoms with Gasteiger partial charge < -0.3 is 10.1 Å². The van der Waals surface area contributed by atoms with Gasteiger partial charge in [-0.2, -0.15) is 0 Å². The molecule has 1 atom stereocenters. The summed E-state index contributed by atoms with van der Waals surface area (Å²) >= 11 is 0. The van der Waals surface area contributed by atoms with Crippen molar-refractivity contribution >= 4 is 11.2 Å². The van der Waals surface area contributed by atoms with Crippen LogP contribution >= 0.6 is 0 Å². The number of hydrogen-bond acceptors (Lipinski definition) is 3. The number of H-pyrrole nitrogens is 1. The van der Waals surface area contributed by atoms with E-state index >= 15 is 0 Å². The van der Waals surface area contributed by atoms with Gasteiger partial charge in [-0.05, 0) is 30.9 Å². The Morgan fingerprint density at radius 2 is 1.86 bits per heavy atom. The number of aromatic amines is 1. The molecular formula is C17H19N3O. The lowest BCUT2D eigenvalue weighted by Crippen LogP contribution is -2.03. The molecule has 0 bridgehead atoms. The molecule has 108 valence electrons. The summed E-state index contributed by atoms with van der Waals surface area (Å²) in [6, 6.07) is 8.30. The molecule has 3 aromatic rings. The van der Waals surface area contributed by atoms with Crippen LogP contribution < -0.4 is 0 Å². The molecule has 3 rings (SSSR count). The fourth-order valence-corrected chi connectivity index (χ4v) is 2.70. The molecule has 0 saturated heterocycles. The van der Waals surface area contributed by atoms with Gasteiger partial charge in [0.25, 0.3) is 0 Å². The molecule has 1 unspecified atom stereocenters. The number of benzene rings is 1. The van der Waals surface area contributed by atoms with E-state index in [1.54, 1.807) is 19.3 Å². The Kier molecular flexibility index (Phi) is 3.71. The summed E-state index contributed by atoms with van der Waals surface area (Å²) in [5.41, 5.74) is 6.32. The maximum absolute atomic E-state index is 9.45. The van der Waals surface area contributed by atoms with Crippen LogP contribution in [0.15, 0.2) is 36.7 Å². The minimum Gasteiger partial charge on any atom is -0.393 e. The van der Waals surface area contributed by atoms with Crippen LogP contribution in [0.2, 0.25) is 0 Å². The van der Waals surface area contributed by atoms with Crippen LogP contribution in [0.5, 0.6) is 0 Å². The van der Waals surface area contributed by atoms with Gasteiger partial charge in [0.2, 0.25) is 0 Å². The third-order valence-electron chi connectivity index (χ3n) is 3.66. The van der Waals surface area contributed by atoms with Crippen molar-refractivity contribution < 1.29 is 5.11 Å². The van der Waals surface area contributed by atoms with E-state index < -0.39 is 0 Å². The largest absolute Gasteiger partial charge is 0.393 e. The fourth-order valence-electron chi connectivity index (χ4n) is 2.70. The molecule has 0 amide bonds. The van der Waals surface area contributed by atoms with Crippen LogP contribution in [0.1, 0.15) is 25.0 Å². The summed E-state index contributed by atoms with van der Waals surface area (Å²) in [5, 5.41) is 9.45. The van der Waals surface area contributed by atoms with Crippen molar-refractivity contribution in [3.05, 3.63) is 47.8 Å². The first-order valence-corrected chi connectivity index (χ1v) is 7.28. The molecule has 21 heavy (non-hydrogen) atoms. The van der Waals surface area contributed by atoms with Crippen molar-refractivity contribution in [1.29, 1.82) is 0 Å². The van der Waals surface area contributed by atoms with Gasteiger partial charge in [-0.25, -0.2) is 4.98 Å².